The van der Waals surface area contributed by atoms with Crippen LogP contribution in [0.4, 0.5) is 23.7 Å². The van der Waals surface area contributed by atoms with E-state index in [1.165, 1.54) is 30.3 Å². The predicted molar refractivity (Wildman–Crippen MR) is 106 cm³/mol. The highest BCUT2D eigenvalue weighted by Crippen LogP contribution is 2.42. The molecule has 1 fully saturated rings. The van der Waals surface area contributed by atoms with Gasteiger partial charge in [-0.2, -0.15) is 13.2 Å². The Morgan fingerprint density at radius 1 is 1.23 bits per heavy atom. The molecule has 1 saturated heterocycles. The van der Waals surface area contributed by atoms with Crippen LogP contribution < -0.4 is 5.73 Å². The van der Waals surface area contributed by atoms with E-state index in [1.54, 1.807) is 0 Å². The summed E-state index contributed by atoms with van der Waals surface area (Å²) in [7, 11) is -3.84. The predicted octanol–water partition coefficient (Wildman–Crippen LogP) is 4.52. The van der Waals surface area contributed by atoms with Gasteiger partial charge in [0, 0.05) is 23.8 Å². The first-order valence-electron chi connectivity index (χ1n) is 8.89. The first-order chi connectivity index (χ1) is 13.9. The molecule has 30 heavy (non-hydrogen) atoms. The Balaban J connectivity index is 1.93. The van der Waals surface area contributed by atoms with Crippen LogP contribution in [0.15, 0.2) is 41.3 Å². The van der Waals surface area contributed by atoms with Crippen LogP contribution in [0.2, 0.25) is 5.02 Å². The lowest BCUT2D eigenvalue weighted by atomic mass is 9.98. The molecule has 3 N–H and O–H groups in total. The number of hydrogen-bond donors (Lipinski definition) is 2. The van der Waals surface area contributed by atoms with Gasteiger partial charge in [0.2, 0.25) is 0 Å². The van der Waals surface area contributed by atoms with Gasteiger partial charge >= 0.3 is 12.3 Å². The molecular formula is C19H18ClF3N2O4S. The summed E-state index contributed by atoms with van der Waals surface area (Å²) in [4.78, 5) is 12.2. The van der Waals surface area contributed by atoms with E-state index < -0.39 is 39.5 Å². The number of alkyl halides is 3. The summed E-state index contributed by atoms with van der Waals surface area (Å²) in [5.74, 6) is -0.394. The first-order valence-corrected chi connectivity index (χ1v) is 10.9. The molecule has 1 heterocycles. The minimum absolute atomic E-state index is 0.0827. The highest BCUT2D eigenvalue weighted by Gasteiger charge is 2.36. The Morgan fingerprint density at radius 3 is 2.43 bits per heavy atom. The number of likely N-dealkylation sites (tertiary alicyclic amines) is 1. The van der Waals surface area contributed by atoms with Gasteiger partial charge in [-0.3, -0.25) is 0 Å². The zero-order chi connectivity index (χ0) is 22.3. The second kappa shape index (κ2) is 7.99. The van der Waals surface area contributed by atoms with Gasteiger partial charge in [-0.25, -0.2) is 13.2 Å². The number of carbonyl (C=O) groups is 1. The van der Waals surface area contributed by atoms with Gasteiger partial charge < -0.3 is 15.7 Å². The summed E-state index contributed by atoms with van der Waals surface area (Å²) in [5, 5.41) is 8.96. The zero-order valence-electron chi connectivity index (χ0n) is 15.5. The minimum Gasteiger partial charge on any atom is -0.465 e. The normalized spacial score (nSPS) is 17.3. The molecule has 1 amide bonds. The number of halogens is 4. The molecule has 0 aliphatic carbocycles. The molecule has 0 aromatic heterocycles. The fourth-order valence-electron chi connectivity index (χ4n) is 3.58. The van der Waals surface area contributed by atoms with Crippen LogP contribution in [0, 0.1) is 0 Å². The average molecular weight is 463 g/mol. The van der Waals surface area contributed by atoms with E-state index in [2.05, 4.69) is 0 Å². The Kier molecular flexibility index (Phi) is 5.92. The van der Waals surface area contributed by atoms with Gasteiger partial charge in [-0.15, -0.1) is 0 Å². The Hall–Kier alpha value is -2.46. The van der Waals surface area contributed by atoms with E-state index in [0.717, 1.165) is 11.0 Å². The quantitative estimate of drug-likeness (QED) is 0.650. The third kappa shape index (κ3) is 4.49. The molecule has 1 aliphatic rings. The number of nitrogens with zero attached hydrogens (tertiary/aromatic N) is 1. The second-order valence-corrected chi connectivity index (χ2v) is 9.44. The number of amides is 1. The lowest BCUT2D eigenvalue weighted by molar-refractivity contribution is -0.137. The maximum Gasteiger partial charge on any atom is 0.417 e. The van der Waals surface area contributed by atoms with E-state index in [-0.39, 0.29) is 33.3 Å². The van der Waals surface area contributed by atoms with E-state index in [4.69, 9.17) is 22.4 Å². The summed E-state index contributed by atoms with van der Waals surface area (Å²) in [6.07, 6.45) is -4.89. The lowest BCUT2D eigenvalue weighted by Crippen LogP contribution is -2.38. The molecule has 11 heteroatoms. The molecular weight excluding hydrogens is 445 g/mol. The van der Waals surface area contributed by atoms with Crippen molar-refractivity contribution in [3.63, 3.8) is 0 Å². The van der Waals surface area contributed by atoms with Crippen LogP contribution in [0.5, 0.6) is 0 Å². The van der Waals surface area contributed by atoms with Crippen LogP contribution in [-0.2, 0) is 16.0 Å². The van der Waals surface area contributed by atoms with Crippen molar-refractivity contribution in [1.82, 2.24) is 4.90 Å². The Morgan fingerprint density at radius 2 is 1.87 bits per heavy atom. The number of nitrogens with two attached hydrogens (primary N) is 1. The van der Waals surface area contributed by atoms with Gasteiger partial charge in [0.25, 0.3) is 0 Å². The smallest absolute Gasteiger partial charge is 0.417 e. The highest BCUT2D eigenvalue weighted by atomic mass is 35.5. The second-order valence-electron chi connectivity index (χ2n) is 7.00. The topological polar surface area (TPSA) is 101 Å². The average Bonchev–Trinajstić information content (AvgIpc) is 3.08. The van der Waals surface area contributed by atoms with Crippen LogP contribution in [0.1, 0.15) is 18.4 Å². The van der Waals surface area contributed by atoms with Crippen LogP contribution in [-0.4, -0.2) is 42.9 Å². The maximum absolute atomic E-state index is 13.4. The molecule has 2 aromatic carbocycles. The van der Waals surface area contributed by atoms with Crippen molar-refractivity contribution in [2.24, 2.45) is 0 Å². The molecule has 1 aliphatic heterocycles. The molecule has 0 radical (unpaired) electrons. The molecule has 1 atom stereocenters. The van der Waals surface area contributed by atoms with Crippen LogP contribution in [0.3, 0.4) is 0 Å². The molecule has 3 rings (SSSR count). The van der Waals surface area contributed by atoms with Gasteiger partial charge in [0.1, 0.15) is 0 Å². The van der Waals surface area contributed by atoms with Gasteiger partial charge in [0.15, 0.2) is 9.84 Å². The fourth-order valence-corrected chi connectivity index (χ4v) is 5.52. The minimum atomic E-state index is -4.71. The molecule has 2 aromatic rings. The summed E-state index contributed by atoms with van der Waals surface area (Å²) in [6.45, 7) is 0.268. The van der Waals surface area contributed by atoms with Gasteiger partial charge in [0.05, 0.1) is 21.2 Å². The van der Waals surface area contributed by atoms with E-state index in [1.807, 2.05) is 0 Å². The van der Waals surface area contributed by atoms with Crippen molar-refractivity contribution >= 4 is 33.2 Å². The van der Waals surface area contributed by atoms with Crippen LogP contribution >= 0.6 is 11.6 Å². The zero-order valence-corrected chi connectivity index (χ0v) is 17.1. The number of benzene rings is 2. The van der Waals surface area contributed by atoms with E-state index in [0.29, 0.717) is 12.8 Å². The first kappa shape index (κ1) is 22.2. The molecule has 1 unspecified atom stereocenters. The largest absolute Gasteiger partial charge is 0.465 e. The van der Waals surface area contributed by atoms with Gasteiger partial charge in [-0.1, -0.05) is 23.7 Å². The summed E-state index contributed by atoms with van der Waals surface area (Å²) < 4.78 is 65.7. The van der Waals surface area contributed by atoms with Crippen molar-refractivity contribution in [3.8, 4) is 11.1 Å². The number of anilines is 1. The number of sulfone groups is 1. The molecule has 0 bridgehead atoms. The van der Waals surface area contributed by atoms with Crippen molar-refractivity contribution in [3.05, 3.63) is 47.0 Å². The maximum atomic E-state index is 13.4. The third-order valence-corrected chi connectivity index (χ3v) is 7.07. The number of nitrogen functional groups attached to an aromatic ring is 1. The highest BCUT2D eigenvalue weighted by molar-refractivity contribution is 7.91. The van der Waals surface area contributed by atoms with Crippen molar-refractivity contribution < 1.29 is 31.5 Å². The molecule has 162 valence electrons. The van der Waals surface area contributed by atoms with Gasteiger partial charge in [-0.05, 0) is 42.7 Å². The number of carboxylic acid groups (broad SMARTS) is 1. The number of rotatable bonds is 4. The third-order valence-electron chi connectivity index (χ3n) is 4.95. The molecule has 0 spiro atoms. The fraction of sp³-hybridized carbons (Fsp3) is 0.316. The summed E-state index contributed by atoms with van der Waals surface area (Å²) in [6, 6.07) is 6.17. The standard InChI is InChI=1S/C19H18ClF3N2O4S/c20-16-9-12(24)8-15(19(21,22)23)17(16)11-3-5-14(6-4-11)30(28,29)10-13-2-1-7-25(13)18(26)27/h3-6,8-9,13H,1-2,7,10,24H2,(H,26,27). The van der Waals surface area contributed by atoms with E-state index in [9.17, 15) is 26.4 Å². The van der Waals surface area contributed by atoms with Crippen molar-refractivity contribution in [2.75, 3.05) is 18.0 Å². The monoisotopic (exact) mass is 462 g/mol. The van der Waals surface area contributed by atoms with Crippen molar-refractivity contribution in [1.29, 1.82) is 0 Å². The SMILES string of the molecule is Nc1cc(Cl)c(-c2ccc(S(=O)(=O)CC3CCCN3C(=O)O)cc2)c(C(F)(F)F)c1. The molecule has 0 saturated carbocycles. The Bertz CT molecular complexity index is 1070. The van der Waals surface area contributed by atoms with Crippen LogP contribution in [0.25, 0.3) is 11.1 Å². The Labute approximate surface area is 176 Å². The molecule has 6 nitrogen and oxygen atoms in total. The van der Waals surface area contributed by atoms with E-state index >= 15 is 0 Å². The summed E-state index contributed by atoms with van der Waals surface area (Å²) in [5.41, 5.74) is 4.11. The number of hydrogen-bond acceptors (Lipinski definition) is 4. The lowest BCUT2D eigenvalue weighted by Gasteiger charge is -2.21. The van der Waals surface area contributed by atoms with Crippen molar-refractivity contribution in [2.45, 2.75) is 30.0 Å². The summed E-state index contributed by atoms with van der Waals surface area (Å²) >= 11 is 6.00.